The van der Waals surface area contributed by atoms with Gasteiger partial charge in [0.25, 0.3) is 5.56 Å². The van der Waals surface area contributed by atoms with E-state index in [1.807, 2.05) is 53.4 Å². The van der Waals surface area contributed by atoms with E-state index in [-0.39, 0.29) is 29.9 Å². The molecule has 156 valence electrons. The summed E-state index contributed by atoms with van der Waals surface area (Å²) in [4.78, 5) is 31.7. The molecule has 1 aliphatic rings. The van der Waals surface area contributed by atoms with Crippen LogP contribution in [0.15, 0.2) is 64.5 Å². The number of fused-ring (bicyclic) bond motifs is 1. The third kappa shape index (κ3) is 4.18. The van der Waals surface area contributed by atoms with Crippen LogP contribution in [0, 0.1) is 11.3 Å². The first-order valence-electron chi connectivity index (χ1n) is 9.77. The maximum absolute atomic E-state index is 13.1. The van der Waals surface area contributed by atoms with E-state index >= 15 is 0 Å². The standard InChI is InChI=1S/C23H20N4O3S/c1-15(2)30-22(29)17-8-10-18(11-9-17)26-13-27-21(28)19(12-24)20(25-23(27)31-14-26)16-6-4-3-5-7-16/h3-11,15H,13-14H2,1-2H3. The highest BCUT2D eigenvalue weighted by Crippen LogP contribution is 2.29. The lowest BCUT2D eigenvalue weighted by Crippen LogP contribution is -2.38. The molecule has 0 saturated carbocycles. The van der Waals surface area contributed by atoms with Crippen molar-refractivity contribution >= 4 is 23.4 Å². The van der Waals surface area contributed by atoms with Gasteiger partial charge in [-0.2, -0.15) is 5.26 Å². The number of carbonyl (C=O) groups is 1. The first-order chi connectivity index (χ1) is 15.0. The summed E-state index contributed by atoms with van der Waals surface area (Å²) in [5, 5.41) is 10.2. The molecular weight excluding hydrogens is 412 g/mol. The minimum atomic E-state index is -0.368. The maximum atomic E-state index is 13.1. The molecule has 31 heavy (non-hydrogen) atoms. The number of hydrogen-bond donors (Lipinski definition) is 0. The summed E-state index contributed by atoms with van der Waals surface area (Å²) in [5.74, 6) is 0.218. The SMILES string of the molecule is CC(C)OC(=O)c1ccc(N2CSc3nc(-c4ccccc4)c(C#N)c(=O)n3C2)cc1. The number of esters is 1. The number of benzene rings is 2. The van der Waals surface area contributed by atoms with Gasteiger partial charge in [0.1, 0.15) is 18.3 Å². The van der Waals surface area contributed by atoms with Gasteiger partial charge in [-0.15, -0.1) is 0 Å². The van der Waals surface area contributed by atoms with Crippen molar-refractivity contribution in [3.05, 3.63) is 76.1 Å². The van der Waals surface area contributed by atoms with E-state index < -0.39 is 0 Å². The molecule has 0 aliphatic carbocycles. The van der Waals surface area contributed by atoms with Gasteiger partial charge in [0, 0.05) is 11.3 Å². The first-order valence-corrected chi connectivity index (χ1v) is 10.8. The summed E-state index contributed by atoms with van der Waals surface area (Å²) in [6, 6.07) is 18.4. The summed E-state index contributed by atoms with van der Waals surface area (Å²) in [5.41, 5.74) is 2.15. The number of rotatable bonds is 4. The Balaban J connectivity index is 1.63. The zero-order valence-electron chi connectivity index (χ0n) is 17.1. The van der Waals surface area contributed by atoms with Gasteiger partial charge >= 0.3 is 5.97 Å². The third-order valence-corrected chi connectivity index (χ3v) is 5.78. The molecule has 0 bridgehead atoms. The van der Waals surface area contributed by atoms with Crippen molar-refractivity contribution in [3.8, 4) is 17.3 Å². The van der Waals surface area contributed by atoms with E-state index in [0.29, 0.717) is 22.3 Å². The van der Waals surface area contributed by atoms with Crippen LogP contribution in [-0.4, -0.2) is 27.5 Å². The van der Waals surface area contributed by atoms with Crippen molar-refractivity contribution in [1.29, 1.82) is 5.26 Å². The normalized spacial score (nSPS) is 12.9. The molecule has 0 unspecified atom stereocenters. The predicted molar refractivity (Wildman–Crippen MR) is 119 cm³/mol. The largest absolute Gasteiger partial charge is 0.459 e. The van der Waals surface area contributed by atoms with Crippen molar-refractivity contribution in [2.75, 3.05) is 10.8 Å². The highest BCUT2D eigenvalue weighted by molar-refractivity contribution is 7.99. The van der Waals surface area contributed by atoms with Gasteiger partial charge in [-0.25, -0.2) is 9.78 Å². The second-order valence-corrected chi connectivity index (χ2v) is 8.20. The van der Waals surface area contributed by atoms with Crippen molar-refractivity contribution in [2.24, 2.45) is 0 Å². The zero-order valence-corrected chi connectivity index (χ0v) is 17.9. The Labute approximate surface area is 183 Å². The molecule has 8 heteroatoms. The summed E-state index contributed by atoms with van der Waals surface area (Å²) < 4.78 is 6.73. The Bertz CT molecular complexity index is 1210. The zero-order chi connectivity index (χ0) is 22.0. The predicted octanol–water partition coefficient (Wildman–Crippen LogP) is 3.87. The summed E-state index contributed by atoms with van der Waals surface area (Å²) in [7, 11) is 0. The van der Waals surface area contributed by atoms with Crippen LogP contribution >= 0.6 is 11.8 Å². The number of ether oxygens (including phenoxy) is 1. The fourth-order valence-corrected chi connectivity index (χ4v) is 4.22. The topological polar surface area (TPSA) is 88.2 Å². The minimum absolute atomic E-state index is 0.0316. The second-order valence-electron chi connectivity index (χ2n) is 7.28. The lowest BCUT2D eigenvalue weighted by molar-refractivity contribution is 0.0378. The van der Waals surface area contributed by atoms with Crippen LogP contribution in [0.1, 0.15) is 29.8 Å². The molecule has 0 radical (unpaired) electrons. The summed E-state index contributed by atoms with van der Waals surface area (Å²) in [6.07, 6.45) is -0.184. The molecule has 2 aromatic carbocycles. The molecule has 7 nitrogen and oxygen atoms in total. The van der Waals surface area contributed by atoms with E-state index in [1.54, 1.807) is 26.0 Å². The van der Waals surface area contributed by atoms with Crippen molar-refractivity contribution in [1.82, 2.24) is 9.55 Å². The van der Waals surface area contributed by atoms with Gasteiger partial charge in [-0.05, 0) is 38.1 Å². The molecular formula is C23H20N4O3S. The molecule has 0 atom stereocenters. The van der Waals surface area contributed by atoms with Gasteiger partial charge in [-0.3, -0.25) is 9.36 Å². The molecule has 1 aromatic heterocycles. The molecule has 3 aromatic rings. The quantitative estimate of drug-likeness (QED) is 0.457. The summed E-state index contributed by atoms with van der Waals surface area (Å²) in [6.45, 7) is 3.88. The smallest absolute Gasteiger partial charge is 0.338 e. The lowest BCUT2D eigenvalue weighted by Gasteiger charge is -2.31. The van der Waals surface area contributed by atoms with E-state index in [1.165, 1.54) is 16.3 Å². The average Bonchev–Trinajstić information content (AvgIpc) is 2.79. The van der Waals surface area contributed by atoms with Crippen LogP contribution in [-0.2, 0) is 11.4 Å². The number of hydrogen-bond acceptors (Lipinski definition) is 7. The fourth-order valence-electron chi connectivity index (χ4n) is 3.27. The number of thioether (sulfide) groups is 1. The van der Waals surface area contributed by atoms with Crippen LogP contribution in [0.25, 0.3) is 11.3 Å². The second kappa shape index (κ2) is 8.66. The van der Waals surface area contributed by atoms with Crippen LogP contribution in [0.2, 0.25) is 0 Å². The number of carbonyl (C=O) groups excluding carboxylic acids is 1. The Morgan fingerprint density at radius 3 is 2.52 bits per heavy atom. The van der Waals surface area contributed by atoms with Gasteiger partial charge in [0.15, 0.2) is 5.16 Å². The number of nitriles is 1. The van der Waals surface area contributed by atoms with Crippen LogP contribution < -0.4 is 10.5 Å². The van der Waals surface area contributed by atoms with Crippen molar-refractivity contribution < 1.29 is 9.53 Å². The Morgan fingerprint density at radius 2 is 1.87 bits per heavy atom. The van der Waals surface area contributed by atoms with E-state index in [2.05, 4.69) is 4.98 Å². The molecule has 1 aliphatic heterocycles. The fraction of sp³-hybridized carbons (Fsp3) is 0.217. The van der Waals surface area contributed by atoms with Crippen molar-refractivity contribution in [2.45, 2.75) is 31.8 Å². The molecule has 0 amide bonds. The highest BCUT2D eigenvalue weighted by Gasteiger charge is 2.24. The van der Waals surface area contributed by atoms with Gasteiger partial charge in [0.05, 0.1) is 23.2 Å². The van der Waals surface area contributed by atoms with E-state index in [4.69, 9.17) is 4.74 Å². The van der Waals surface area contributed by atoms with Crippen molar-refractivity contribution in [3.63, 3.8) is 0 Å². The molecule has 2 heterocycles. The summed E-state index contributed by atoms with van der Waals surface area (Å²) >= 11 is 1.43. The lowest BCUT2D eigenvalue weighted by atomic mass is 10.1. The van der Waals surface area contributed by atoms with Gasteiger partial charge in [0.2, 0.25) is 0 Å². The number of anilines is 1. The Morgan fingerprint density at radius 1 is 1.16 bits per heavy atom. The van der Waals surface area contributed by atoms with Crippen LogP contribution in [0.3, 0.4) is 0 Å². The number of aromatic nitrogens is 2. The minimum Gasteiger partial charge on any atom is -0.459 e. The monoisotopic (exact) mass is 432 g/mol. The Kier molecular flexibility index (Phi) is 5.78. The van der Waals surface area contributed by atoms with E-state index in [0.717, 1.165) is 11.3 Å². The molecule has 4 rings (SSSR count). The first kappa shape index (κ1) is 20.7. The maximum Gasteiger partial charge on any atom is 0.338 e. The number of nitrogens with zero attached hydrogens (tertiary/aromatic N) is 4. The molecule has 0 fully saturated rings. The van der Waals surface area contributed by atoms with Gasteiger partial charge in [-0.1, -0.05) is 42.1 Å². The van der Waals surface area contributed by atoms with Crippen LogP contribution in [0.4, 0.5) is 5.69 Å². The molecule has 0 spiro atoms. The van der Waals surface area contributed by atoms with Crippen LogP contribution in [0.5, 0.6) is 0 Å². The Hall–Kier alpha value is -3.57. The molecule has 0 N–H and O–H groups in total. The van der Waals surface area contributed by atoms with Gasteiger partial charge < -0.3 is 9.64 Å². The third-order valence-electron chi connectivity index (χ3n) is 4.77. The highest BCUT2D eigenvalue weighted by atomic mass is 32.2. The van der Waals surface area contributed by atoms with E-state index in [9.17, 15) is 14.9 Å². The average molecular weight is 433 g/mol. The molecule has 0 saturated heterocycles.